The summed E-state index contributed by atoms with van der Waals surface area (Å²) in [6, 6.07) is 5.41. The molecule has 0 heterocycles. The molecule has 0 unspecified atom stereocenters. The number of benzene rings is 1. The van der Waals surface area contributed by atoms with E-state index in [0.29, 0.717) is 12.2 Å². The second kappa shape index (κ2) is 6.91. The molecule has 0 spiro atoms. The van der Waals surface area contributed by atoms with E-state index in [2.05, 4.69) is 17.5 Å². The number of nitrogens with one attached hydrogen (secondary N) is 1. The normalized spacial score (nSPS) is 20.7. The number of ether oxygens (including phenoxy) is 1. The van der Waals surface area contributed by atoms with E-state index < -0.39 is 18.1 Å². The van der Waals surface area contributed by atoms with E-state index in [4.69, 9.17) is 4.74 Å². The van der Waals surface area contributed by atoms with Crippen LogP contribution < -0.4 is 9.46 Å². The number of alkyl halides is 3. The van der Waals surface area contributed by atoms with Gasteiger partial charge in [0, 0.05) is 12.8 Å². The van der Waals surface area contributed by atoms with Gasteiger partial charge in [0.25, 0.3) is 0 Å². The first kappa shape index (κ1) is 17.1. The van der Waals surface area contributed by atoms with Gasteiger partial charge in [-0.05, 0) is 42.5 Å². The maximum absolute atomic E-state index is 12.1. The average Bonchev–Trinajstić information content (AvgIpc) is 2.82. The number of carbonyl (C=O) groups is 1. The number of hydrogen-bond acceptors (Lipinski definition) is 4. The number of hydrogen-bond donors (Lipinski definition) is 2. The number of carbonyl (C=O) groups excluding carboxylic acids is 1. The Bertz CT molecular complexity index is 536. The highest BCUT2D eigenvalue weighted by Gasteiger charge is 2.37. The lowest BCUT2D eigenvalue weighted by molar-refractivity contribution is -0.136. The molecule has 0 saturated carbocycles. The first-order chi connectivity index (χ1) is 10.4. The van der Waals surface area contributed by atoms with E-state index in [1.807, 2.05) is 12.1 Å². The van der Waals surface area contributed by atoms with Crippen LogP contribution >= 0.6 is 12.8 Å². The van der Waals surface area contributed by atoms with Crippen LogP contribution in [0.5, 0.6) is 5.75 Å². The molecule has 1 aromatic carbocycles. The van der Waals surface area contributed by atoms with Crippen molar-refractivity contribution in [2.24, 2.45) is 0 Å². The molecule has 1 aromatic rings. The molecule has 1 N–H and O–H groups in total. The van der Waals surface area contributed by atoms with Gasteiger partial charge in [-0.3, -0.25) is 4.72 Å². The molecule has 2 rings (SSSR count). The molecule has 3 nitrogen and oxygen atoms in total. The predicted octanol–water partition coefficient (Wildman–Crippen LogP) is 3.57. The molecule has 0 aromatic heterocycles. The van der Waals surface area contributed by atoms with Crippen molar-refractivity contribution in [3.05, 3.63) is 29.3 Å². The van der Waals surface area contributed by atoms with Crippen LogP contribution in [0.1, 0.15) is 36.8 Å². The molecule has 122 valence electrons. The summed E-state index contributed by atoms with van der Waals surface area (Å²) in [4.78, 5) is 10.9. The van der Waals surface area contributed by atoms with Crippen LogP contribution in [0.2, 0.25) is 0 Å². The summed E-state index contributed by atoms with van der Waals surface area (Å²) in [5.41, 5.74) is 1.57. The smallest absolute Gasteiger partial charge is 0.389 e. The lowest BCUT2D eigenvalue weighted by Crippen LogP contribution is -2.34. The predicted molar refractivity (Wildman–Crippen MR) is 80.0 cm³/mol. The summed E-state index contributed by atoms with van der Waals surface area (Å²) in [7, 11) is 0. The van der Waals surface area contributed by atoms with Crippen molar-refractivity contribution in [1.82, 2.24) is 4.72 Å². The van der Waals surface area contributed by atoms with Crippen LogP contribution in [0.4, 0.5) is 13.2 Å². The summed E-state index contributed by atoms with van der Waals surface area (Å²) in [6.45, 7) is 0.0304. The van der Waals surface area contributed by atoms with Crippen molar-refractivity contribution in [3.63, 3.8) is 0 Å². The lowest BCUT2D eigenvalue weighted by Gasteiger charge is -2.27. The highest BCUT2D eigenvalue weighted by atomic mass is 32.1. The Morgan fingerprint density at radius 2 is 2.18 bits per heavy atom. The molecular weight excluding hydrogens is 315 g/mol. The number of aldehydes is 1. The van der Waals surface area contributed by atoms with Gasteiger partial charge in [0.15, 0.2) is 0 Å². The van der Waals surface area contributed by atoms with Crippen LogP contribution in [-0.4, -0.2) is 19.1 Å². The Labute approximate surface area is 132 Å². The minimum Gasteiger partial charge on any atom is -0.494 e. The van der Waals surface area contributed by atoms with Gasteiger partial charge in [0.05, 0.1) is 12.1 Å². The summed E-state index contributed by atoms with van der Waals surface area (Å²) >= 11 is 4.14. The zero-order valence-electron chi connectivity index (χ0n) is 11.9. The second-order valence-corrected chi connectivity index (χ2v) is 5.67. The van der Waals surface area contributed by atoms with E-state index in [9.17, 15) is 18.0 Å². The van der Waals surface area contributed by atoms with Crippen molar-refractivity contribution in [3.8, 4) is 5.75 Å². The van der Waals surface area contributed by atoms with Gasteiger partial charge in [0.1, 0.15) is 12.0 Å². The molecule has 7 heteroatoms. The zero-order chi connectivity index (χ0) is 16.2. The van der Waals surface area contributed by atoms with Gasteiger partial charge in [-0.15, -0.1) is 0 Å². The van der Waals surface area contributed by atoms with E-state index in [0.717, 1.165) is 30.3 Å². The van der Waals surface area contributed by atoms with Crippen LogP contribution in [0.15, 0.2) is 18.2 Å². The Balaban J connectivity index is 2.00. The number of aryl methyl sites for hydroxylation is 1. The highest BCUT2D eigenvalue weighted by Crippen LogP contribution is 2.40. The number of halogens is 3. The molecule has 1 aliphatic rings. The van der Waals surface area contributed by atoms with Gasteiger partial charge < -0.3 is 9.53 Å². The first-order valence-electron chi connectivity index (χ1n) is 7.08. The number of rotatable bonds is 7. The van der Waals surface area contributed by atoms with Crippen molar-refractivity contribution in [1.29, 1.82) is 0 Å². The minimum atomic E-state index is -4.14. The molecule has 1 atom stereocenters. The Hall–Kier alpha value is -1.21. The van der Waals surface area contributed by atoms with Gasteiger partial charge in [-0.2, -0.15) is 13.2 Å². The van der Waals surface area contributed by atoms with Crippen molar-refractivity contribution in [2.45, 2.75) is 43.8 Å². The molecule has 0 fully saturated rings. The van der Waals surface area contributed by atoms with E-state index in [-0.39, 0.29) is 13.0 Å². The van der Waals surface area contributed by atoms with E-state index in [1.54, 1.807) is 6.07 Å². The summed E-state index contributed by atoms with van der Waals surface area (Å²) < 4.78 is 44.5. The molecular formula is C15H18F3NO2S. The molecule has 1 aliphatic carbocycles. The monoisotopic (exact) mass is 333 g/mol. The maximum Gasteiger partial charge on any atom is 0.389 e. The fraction of sp³-hybridized carbons (Fsp3) is 0.533. The first-order valence-corrected chi connectivity index (χ1v) is 7.53. The van der Waals surface area contributed by atoms with Crippen LogP contribution in [-0.2, 0) is 16.8 Å². The minimum absolute atomic E-state index is 0.0304. The maximum atomic E-state index is 12.1. The van der Waals surface area contributed by atoms with Gasteiger partial charge in [-0.1, -0.05) is 18.9 Å². The average molecular weight is 333 g/mol. The van der Waals surface area contributed by atoms with Crippen molar-refractivity contribution >= 4 is 19.1 Å². The fourth-order valence-corrected chi connectivity index (χ4v) is 3.12. The third kappa shape index (κ3) is 3.95. The van der Waals surface area contributed by atoms with E-state index in [1.165, 1.54) is 0 Å². The molecule has 0 amide bonds. The topological polar surface area (TPSA) is 38.3 Å². The third-order valence-electron chi connectivity index (χ3n) is 3.93. The fourth-order valence-electron chi connectivity index (χ4n) is 2.79. The Kier molecular flexibility index (Phi) is 5.39. The lowest BCUT2D eigenvalue weighted by atomic mass is 9.90. The Morgan fingerprint density at radius 1 is 1.41 bits per heavy atom. The quantitative estimate of drug-likeness (QED) is 0.455. The molecule has 22 heavy (non-hydrogen) atoms. The molecule has 0 radical (unpaired) electrons. The van der Waals surface area contributed by atoms with E-state index >= 15 is 0 Å². The van der Waals surface area contributed by atoms with Gasteiger partial charge >= 0.3 is 6.18 Å². The van der Waals surface area contributed by atoms with Crippen molar-refractivity contribution < 1.29 is 22.7 Å². The second-order valence-electron chi connectivity index (χ2n) is 5.45. The van der Waals surface area contributed by atoms with Crippen LogP contribution in [0.25, 0.3) is 0 Å². The summed E-state index contributed by atoms with van der Waals surface area (Å²) in [5, 5.41) is 0. The Morgan fingerprint density at radius 3 is 2.82 bits per heavy atom. The molecule has 0 saturated heterocycles. The van der Waals surface area contributed by atoms with Crippen LogP contribution in [0.3, 0.4) is 0 Å². The van der Waals surface area contributed by atoms with Gasteiger partial charge in [-0.25, -0.2) is 0 Å². The zero-order valence-corrected chi connectivity index (χ0v) is 12.8. The largest absolute Gasteiger partial charge is 0.494 e. The SMILES string of the molecule is O=CC[C@@]1(NS)CCc2cc(OCCCC(F)(F)F)ccc21. The summed E-state index contributed by atoms with van der Waals surface area (Å²) in [5.74, 6) is 0.557. The number of thiol groups is 1. The standard InChI is InChI=1S/C15H18F3NO2S/c16-15(17,18)5-1-9-21-12-2-3-13-11(10-12)4-6-14(13,19-22)7-8-20/h2-3,8,10,19,22H,1,4-7,9H2/t14-/m0/s1. The van der Waals surface area contributed by atoms with Crippen LogP contribution in [0, 0.1) is 0 Å². The molecule has 0 aliphatic heterocycles. The number of fused-ring (bicyclic) bond motifs is 1. The summed E-state index contributed by atoms with van der Waals surface area (Å²) in [6.07, 6.45) is -2.33. The third-order valence-corrected chi connectivity index (χ3v) is 4.36. The van der Waals surface area contributed by atoms with Crippen molar-refractivity contribution in [2.75, 3.05) is 6.61 Å². The highest BCUT2D eigenvalue weighted by molar-refractivity contribution is 7.78. The molecule has 0 bridgehead atoms. The van der Waals surface area contributed by atoms with Gasteiger partial charge in [0.2, 0.25) is 0 Å².